The molecule has 0 unspecified atom stereocenters. The van der Waals surface area contributed by atoms with Crippen LogP contribution in [0.3, 0.4) is 0 Å². The number of hydrogen-bond acceptors (Lipinski definition) is 4. The predicted octanol–water partition coefficient (Wildman–Crippen LogP) is 2.82. The number of rotatable bonds is 4. The standard InChI is InChI=1S/C20H20ClNO5/c21-16-5-6-17(15-4-2-1-3-14(15)16)27-11-18(23)22-9-13-10-26-8-7-20(13,12-22)19(24)25/h1-6,13H,7-12H2,(H,24,25)/t13-,20+/m0/s1. The van der Waals surface area contributed by atoms with E-state index in [1.807, 2.05) is 24.3 Å². The van der Waals surface area contributed by atoms with Crippen molar-refractivity contribution in [1.29, 1.82) is 0 Å². The van der Waals surface area contributed by atoms with Gasteiger partial charge in [0.2, 0.25) is 0 Å². The SMILES string of the molecule is O=C(COc1ccc(Cl)c2ccccc12)N1C[C@H]2COCC[C@@]2(C(=O)O)C1. The van der Waals surface area contributed by atoms with Crippen molar-refractivity contribution < 1.29 is 24.2 Å². The first-order chi connectivity index (χ1) is 13.0. The molecule has 2 aliphatic heterocycles. The number of carbonyl (C=O) groups is 2. The lowest BCUT2D eigenvalue weighted by Gasteiger charge is -2.33. The minimum atomic E-state index is -0.902. The summed E-state index contributed by atoms with van der Waals surface area (Å²) < 4.78 is 11.2. The summed E-state index contributed by atoms with van der Waals surface area (Å²) in [5, 5.41) is 12.0. The number of ether oxygens (including phenoxy) is 2. The Morgan fingerprint density at radius 1 is 1.26 bits per heavy atom. The summed E-state index contributed by atoms with van der Waals surface area (Å²) in [6.07, 6.45) is 0.430. The number of carboxylic acids is 1. The molecular formula is C20H20ClNO5. The second kappa shape index (κ2) is 7.02. The van der Waals surface area contributed by atoms with Gasteiger partial charge in [-0.2, -0.15) is 0 Å². The van der Waals surface area contributed by atoms with Crippen LogP contribution in [0.2, 0.25) is 5.02 Å². The van der Waals surface area contributed by atoms with Gasteiger partial charge in [0.15, 0.2) is 6.61 Å². The molecule has 2 aliphatic rings. The minimum absolute atomic E-state index is 0.144. The largest absolute Gasteiger partial charge is 0.483 e. The van der Waals surface area contributed by atoms with Crippen LogP contribution in [0.1, 0.15) is 6.42 Å². The molecule has 1 amide bonds. The molecule has 142 valence electrons. The lowest BCUT2D eigenvalue weighted by atomic mass is 9.74. The smallest absolute Gasteiger partial charge is 0.311 e. The molecule has 7 heteroatoms. The molecule has 2 atom stereocenters. The Labute approximate surface area is 161 Å². The first kappa shape index (κ1) is 18.1. The number of fused-ring (bicyclic) bond motifs is 2. The van der Waals surface area contributed by atoms with E-state index in [2.05, 4.69) is 0 Å². The summed E-state index contributed by atoms with van der Waals surface area (Å²) in [7, 11) is 0. The number of benzene rings is 2. The molecule has 0 radical (unpaired) electrons. The van der Waals surface area contributed by atoms with Crippen molar-refractivity contribution in [1.82, 2.24) is 4.90 Å². The summed E-state index contributed by atoms with van der Waals surface area (Å²) in [6.45, 7) is 1.24. The Morgan fingerprint density at radius 2 is 2.04 bits per heavy atom. The zero-order valence-corrected chi connectivity index (χ0v) is 15.4. The molecule has 0 saturated carbocycles. The van der Waals surface area contributed by atoms with Crippen molar-refractivity contribution in [2.75, 3.05) is 32.9 Å². The molecule has 2 aromatic rings. The van der Waals surface area contributed by atoms with Gasteiger partial charge in [0.1, 0.15) is 5.75 Å². The number of hydrogen-bond donors (Lipinski definition) is 1. The Morgan fingerprint density at radius 3 is 2.78 bits per heavy atom. The first-order valence-corrected chi connectivity index (χ1v) is 9.28. The van der Waals surface area contributed by atoms with E-state index in [4.69, 9.17) is 21.1 Å². The first-order valence-electron chi connectivity index (χ1n) is 8.90. The molecular weight excluding hydrogens is 370 g/mol. The van der Waals surface area contributed by atoms with E-state index in [-0.39, 0.29) is 25.0 Å². The molecule has 2 heterocycles. The van der Waals surface area contributed by atoms with E-state index < -0.39 is 11.4 Å². The third-order valence-corrected chi connectivity index (χ3v) is 6.00. The number of likely N-dealkylation sites (tertiary alicyclic amines) is 1. The van der Waals surface area contributed by atoms with Crippen molar-refractivity contribution >= 4 is 34.2 Å². The van der Waals surface area contributed by atoms with Crippen molar-refractivity contribution in [3.8, 4) is 5.75 Å². The van der Waals surface area contributed by atoms with Crippen LogP contribution in [0.15, 0.2) is 36.4 Å². The van der Waals surface area contributed by atoms with E-state index in [9.17, 15) is 14.7 Å². The van der Waals surface area contributed by atoms with E-state index in [1.54, 1.807) is 17.0 Å². The molecule has 2 fully saturated rings. The van der Waals surface area contributed by atoms with Gasteiger partial charge in [-0.15, -0.1) is 0 Å². The normalized spacial score (nSPS) is 24.6. The molecule has 1 N–H and O–H groups in total. The molecule has 0 aliphatic carbocycles. The van der Waals surface area contributed by atoms with Gasteiger partial charge >= 0.3 is 5.97 Å². The predicted molar refractivity (Wildman–Crippen MR) is 100 cm³/mol. The number of aliphatic carboxylic acids is 1. The van der Waals surface area contributed by atoms with Crippen LogP contribution >= 0.6 is 11.6 Å². The van der Waals surface area contributed by atoms with Gasteiger partial charge in [0, 0.05) is 41.4 Å². The van der Waals surface area contributed by atoms with Crippen LogP contribution in [-0.2, 0) is 14.3 Å². The van der Waals surface area contributed by atoms with Crippen LogP contribution < -0.4 is 4.74 Å². The molecule has 0 bridgehead atoms. The summed E-state index contributed by atoms with van der Waals surface area (Å²) in [6, 6.07) is 11.0. The zero-order valence-electron chi connectivity index (χ0n) is 14.7. The fraction of sp³-hybridized carbons (Fsp3) is 0.400. The number of halogens is 1. The summed E-state index contributed by atoms with van der Waals surface area (Å²) >= 11 is 6.21. The molecule has 6 nitrogen and oxygen atoms in total. The number of amides is 1. The van der Waals surface area contributed by atoms with Crippen molar-refractivity contribution in [3.63, 3.8) is 0 Å². The molecule has 0 aromatic heterocycles. The maximum absolute atomic E-state index is 12.7. The van der Waals surface area contributed by atoms with Crippen molar-refractivity contribution in [2.24, 2.45) is 11.3 Å². The second-order valence-corrected chi connectivity index (χ2v) is 7.54. The highest BCUT2D eigenvalue weighted by Crippen LogP contribution is 2.42. The van der Waals surface area contributed by atoms with Crippen LogP contribution in [0.4, 0.5) is 0 Å². The number of carboxylic acid groups (broad SMARTS) is 1. The summed E-state index contributed by atoms with van der Waals surface area (Å²) in [5.41, 5.74) is -0.902. The number of carbonyl (C=O) groups excluding carboxylic acids is 1. The molecule has 27 heavy (non-hydrogen) atoms. The van der Waals surface area contributed by atoms with E-state index in [1.165, 1.54) is 0 Å². The topological polar surface area (TPSA) is 76.1 Å². The molecule has 4 rings (SSSR count). The van der Waals surface area contributed by atoms with Gasteiger partial charge in [-0.05, 0) is 18.6 Å². The second-order valence-electron chi connectivity index (χ2n) is 7.14. The lowest BCUT2D eigenvalue weighted by Crippen LogP contribution is -2.45. The third-order valence-electron chi connectivity index (χ3n) is 5.67. The van der Waals surface area contributed by atoms with Crippen molar-refractivity contribution in [3.05, 3.63) is 41.4 Å². The van der Waals surface area contributed by atoms with Crippen LogP contribution in [-0.4, -0.2) is 54.8 Å². The van der Waals surface area contributed by atoms with Gasteiger partial charge in [0.05, 0.1) is 12.0 Å². The number of nitrogens with zero attached hydrogens (tertiary/aromatic N) is 1. The Hall–Kier alpha value is -2.31. The van der Waals surface area contributed by atoms with E-state index in [0.29, 0.717) is 37.0 Å². The maximum atomic E-state index is 12.7. The Balaban J connectivity index is 1.48. The van der Waals surface area contributed by atoms with Crippen molar-refractivity contribution in [2.45, 2.75) is 6.42 Å². The molecule has 2 aromatic carbocycles. The molecule has 0 spiro atoms. The lowest BCUT2D eigenvalue weighted by molar-refractivity contribution is -0.157. The quantitative estimate of drug-likeness (QED) is 0.870. The fourth-order valence-electron chi connectivity index (χ4n) is 4.08. The third kappa shape index (κ3) is 3.13. The zero-order chi connectivity index (χ0) is 19.0. The van der Waals surface area contributed by atoms with Gasteiger partial charge < -0.3 is 19.5 Å². The molecule has 2 saturated heterocycles. The van der Waals surface area contributed by atoms with Gasteiger partial charge in [-0.1, -0.05) is 35.9 Å². The van der Waals surface area contributed by atoms with Crippen LogP contribution in [0, 0.1) is 11.3 Å². The summed E-state index contributed by atoms with van der Waals surface area (Å²) in [4.78, 5) is 26.1. The van der Waals surface area contributed by atoms with E-state index in [0.717, 1.165) is 10.8 Å². The average molecular weight is 390 g/mol. The maximum Gasteiger partial charge on any atom is 0.311 e. The monoisotopic (exact) mass is 389 g/mol. The van der Waals surface area contributed by atoms with Gasteiger partial charge in [0.25, 0.3) is 5.91 Å². The van der Waals surface area contributed by atoms with E-state index >= 15 is 0 Å². The van der Waals surface area contributed by atoms with Crippen LogP contribution in [0.5, 0.6) is 5.75 Å². The Kier molecular flexibility index (Phi) is 4.70. The highest BCUT2D eigenvalue weighted by molar-refractivity contribution is 6.35. The van der Waals surface area contributed by atoms with Crippen LogP contribution in [0.25, 0.3) is 10.8 Å². The average Bonchev–Trinajstić information content (AvgIpc) is 3.09. The highest BCUT2D eigenvalue weighted by Gasteiger charge is 2.54. The minimum Gasteiger partial charge on any atom is -0.483 e. The highest BCUT2D eigenvalue weighted by atomic mass is 35.5. The Bertz CT molecular complexity index is 901. The van der Waals surface area contributed by atoms with Gasteiger partial charge in [-0.3, -0.25) is 9.59 Å². The fourth-order valence-corrected chi connectivity index (χ4v) is 4.31. The summed E-state index contributed by atoms with van der Waals surface area (Å²) in [5.74, 6) is -0.667. The van der Waals surface area contributed by atoms with Gasteiger partial charge in [-0.25, -0.2) is 0 Å².